The zero-order chi connectivity index (χ0) is 16.8. The third kappa shape index (κ3) is 4.06. The lowest BCUT2D eigenvalue weighted by atomic mass is 9.97. The van der Waals surface area contributed by atoms with Crippen molar-refractivity contribution in [1.82, 2.24) is 10.9 Å². The highest BCUT2D eigenvalue weighted by atomic mass is 16.5. The Balaban J connectivity index is 1.67. The minimum Gasteiger partial charge on any atom is -0.491 e. The number of rotatable bonds is 7. The average Bonchev–Trinajstić information content (AvgIpc) is 3.09. The lowest BCUT2D eigenvalue weighted by Gasteiger charge is -2.16. The molecule has 1 aliphatic rings. The van der Waals surface area contributed by atoms with Crippen LogP contribution in [0.2, 0.25) is 0 Å². The van der Waals surface area contributed by atoms with Gasteiger partial charge in [-0.15, -0.1) is 0 Å². The van der Waals surface area contributed by atoms with Gasteiger partial charge in [-0.1, -0.05) is 30.3 Å². The van der Waals surface area contributed by atoms with E-state index in [4.69, 9.17) is 15.2 Å². The van der Waals surface area contributed by atoms with Gasteiger partial charge in [0.1, 0.15) is 12.4 Å². The smallest absolute Gasteiger partial charge is 0.124 e. The Bertz CT molecular complexity index is 663. The number of hydrazine groups is 1. The lowest BCUT2D eigenvalue weighted by molar-refractivity contribution is 0.109. The fraction of sp³-hybridized carbons (Fsp3) is 0.368. The second kappa shape index (κ2) is 8.15. The van der Waals surface area contributed by atoms with Crippen molar-refractivity contribution in [1.29, 1.82) is 0 Å². The molecule has 1 aliphatic heterocycles. The van der Waals surface area contributed by atoms with Gasteiger partial charge in [0.25, 0.3) is 0 Å². The van der Waals surface area contributed by atoms with E-state index in [2.05, 4.69) is 23.0 Å². The van der Waals surface area contributed by atoms with Crippen molar-refractivity contribution in [2.75, 3.05) is 25.6 Å². The summed E-state index contributed by atoms with van der Waals surface area (Å²) < 4.78 is 11.2. The van der Waals surface area contributed by atoms with Crippen molar-refractivity contribution in [2.24, 2.45) is 0 Å². The molecular formula is C19H25N3O2. The highest BCUT2D eigenvalue weighted by Crippen LogP contribution is 2.35. The van der Waals surface area contributed by atoms with Crippen LogP contribution < -0.4 is 21.3 Å². The number of nitrogens with one attached hydrogen (secondary N) is 2. The van der Waals surface area contributed by atoms with E-state index < -0.39 is 0 Å². The molecular weight excluding hydrogens is 302 g/mol. The quantitative estimate of drug-likeness (QED) is 0.539. The number of nitrogens with two attached hydrogens (primary N) is 1. The van der Waals surface area contributed by atoms with Crippen molar-refractivity contribution < 1.29 is 9.47 Å². The fourth-order valence-electron chi connectivity index (χ4n) is 3.01. The molecule has 1 fully saturated rings. The Kier molecular flexibility index (Phi) is 5.69. The molecule has 4 N–H and O–H groups in total. The third-order valence-electron chi connectivity index (χ3n) is 4.20. The molecule has 0 aromatic heterocycles. The van der Waals surface area contributed by atoms with Gasteiger partial charge in [0, 0.05) is 23.9 Å². The first-order chi connectivity index (χ1) is 11.8. The summed E-state index contributed by atoms with van der Waals surface area (Å²) in [6, 6.07) is 16.6. The Morgan fingerprint density at radius 1 is 1.04 bits per heavy atom. The number of benzene rings is 2. The topological polar surface area (TPSA) is 68.5 Å². The zero-order valence-corrected chi connectivity index (χ0v) is 14.0. The second-order valence-electron chi connectivity index (χ2n) is 5.88. The lowest BCUT2D eigenvalue weighted by Crippen LogP contribution is -2.27. The van der Waals surface area contributed by atoms with Crippen LogP contribution in [0.5, 0.6) is 5.75 Å². The SMILES string of the molecule is CCOCCOc1ccccc1C1CC(c2cccc(N)c2)NN1. The van der Waals surface area contributed by atoms with Crippen molar-refractivity contribution >= 4 is 5.69 Å². The van der Waals surface area contributed by atoms with E-state index in [0.717, 1.165) is 23.4 Å². The minimum atomic E-state index is 0.194. The van der Waals surface area contributed by atoms with E-state index in [9.17, 15) is 0 Å². The summed E-state index contributed by atoms with van der Waals surface area (Å²) >= 11 is 0. The number of hydrogen-bond acceptors (Lipinski definition) is 5. The van der Waals surface area contributed by atoms with Gasteiger partial charge in [0.05, 0.1) is 12.6 Å². The number of para-hydroxylation sites is 1. The van der Waals surface area contributed by atoms with Gasteiger partial charge >= 0.3 is 0 Å². The van der Waals surface area contributed by atoms with Gasteiger partial charge in [-0.3, -0.25) is 0 Å². The molecule has 3 rings (SSSR count). The molecule has 5 heteroatoms. The first-order valence-electron chi connectivity index (χ1n) is 8.44. The van der Waals surface area contributed by atoms with E-state index in [1.807, 2.05) is 43.3 Å². The number of ether oxygens (including phenoxy) is 2. The van der Waals surface area contributed by atoms with Crippen molar-refractivity contribution in [3.05, 3.63) is 59.7 Å². The molecule has 2 aromatic carbocycles. The molecule has 1 saturated heterocycles. The van der Waals surface area contributed by atoms with E-state index >= 15 is 0 Å². The highest BCUT2D eigenvalue weighted by molar-refractivity contribution is 5.42. The van der Waals surface area contributed by atoms with Crippen molar-refractivity contribution in [3.63, 3.8) is 0 Å². The maximum Gasteiger partial charge on any atom is 0.124 e. The maximum atomic E-state index is 5.90. The van der Waals surface area contributed by atoms with Crippen LogP contribution in [0, 0.1) is 0 Å². The molecule has 2 unspecified atom stereocenters. The largest absolute Gasteiger partial charge is 0.491 e. The van der Waals surface area contributed by atoms with Crippen LogP contribution in [0.3, 0.4) is 0 Å². The first-order valence-corrected chi connectivity index (χ1v) is 8.44. The molecule has 0 radical (unpaired) electrons. The van der Waals surface area contributed by atoms with Crippen LogP contribution in [-0.2, 0) is 4.74 Å². The van der Waals surface area contributed by atoms with Crippen LogP contribution in [0.1, 0.15) is 36.6 Å². The van der Waals surface area contributed by atoms with Crippen molar-refractivity contribution in [2.45, 2.75) is 25.4 Å². The molecule has 0 aliphatic carbocycles. The minimum absolute atomic E-state index is 0.194. The van der Waals surface area contributed by atoms with Gasteiger partial charge in [-0.05, 0) is 37.1 Å². The van der Waals surface area contributed by atoms with Crippen LogP contribution in [0.15, 0.2) is 48.5 Å². The standard InChI is InChI=1S/C19H25N3O2/c1-2-23-10-11-24-19-9-4-3-8-16(19)18-13-17(21-22-18)14-6-5-7-15(20)12-14/h3-9,12,17-18,21-22H,2,10-11,13,20H2,1H3. The summed E-state index contributed by atoms with van der Waals surface area (Å²) in [7, 11) is 0. The predicted molar refractivity (Wildman–Crippen MR) is 95.7 cm³/mol. The summed E-state index contributed by atoms with van der Waals surface area (Å²) in [6.45, 7) is 3.86. The van der Waals surface area contributed by atoms with Crippen LogP contribution in [0.4, 0.5) is 5.69 Å². The molecule has 24 heavy (non-hydrogen) atoms. The zero-order valence-electron chi connectivity index (χ0n) is 14.0. The van der Waals surface area contributed by atoms with E-state index in [-0.39, 0.29) is 12.1 Å². The highest BCUT2D eigenvalue weighted by Gasteiger charge is 2.28. The van der Waals surface area contributed by atoms with Gasteiger partial charge in [-0.25, -0.2) is 10.9 Å². The Labute approximate surface area is 143 Å². The second-order valence-corrected chi connectivity index (χ2v) is 5.88. The number of anilines is 1. The Morgan fingerprint density at radius 3 is 2.71 bits per heavy atom. The van der Waals surface area contributed by atoms with E-state index in [0.29, 0.717) is 19.8 Å². The average molecular weight is 327 g/mol. The van der Waals surface area contributed by atoms with Gasteiger partial charge in [0.2, 0.25) is 0 Å². The molecule has 128 valence electrons. The summed E-state index contributed by atoms with van der Waals surface area (Å²) in [6.07, 6.45) is 0.940. The first kappa shape index (κ1) is 16.8. The Hall–Kier alpha value is -2.08. The summed E-state index contributed by atoms with van der Waals surface area (Å²) in [5.41, 5.74) is 15.8. The molecule has 2 atom stereocenters. The van der Waals surface area contributed by atoms with Crippen LogP contribution in [-0.4, -0.2) is 19.8 Å². The Morgan fingerprint density at radius 2 is 1.88 bits per heavy atom. The third-order valence-corrected chi connectivity index (χ3v) is 4.20. The number of nitrogen functional groups attached to an aromatic ring is 1. The molecule has 0 saturated carbocycles. The summed E-state index contributed by atoms with van der Waals surface area (Å²) in [5.74, 6) is 0.907. The maximum absolute atomic E-state index is 5.90. The van der Waals surface area contributed by atoms with Gasteiger partial charge in [-0.2, -0.15) is 0 Å². The molecule has 0 spiro atoms. The predicted octanol–water partition coefficient (Wildman–Crippen LogP) is 2.96. The summed E-state index contributed by atoms with van der Waals surface area (Å²) in [5, 5.41) is 0. The van der Waals surface area contributed by atoms with E-state index in [1.165, 1.54) is 5.56 Å². The van der Waals surface area contributed by atoms with Crippen LogP contribution in [0.25, 0.3) is 0 Å². The van der Waals surface area contributed by atoms with Gasteiger partial charge in [0.15, 0.2) is 0 Å². The monoisotopic (exact) mass is 327 g/mol. The van der Waals surface area contributed by atoms with Crippen LogP contribution >= 0.6 is 0 Å². The normalized spacial score (nSPS) is 20.2. The molecule has 1 heterocycles. The molecule has 2 aromatic rings. The number of hydrogen-bond donors (Lipinski definition) is 3. The van der Waals surface area contributed by atoms with Crippen molar-refractivity contribution in [3.8, 4) is 5.75 Å². The fourth-order valence-corrected chi connectivity index (χ4v) is 3.01. The molecule has 0 amide bonds. The molecule has 5 nitrogen and oxygen atoms in total. The summed E-state index contributed by atoms with van der Waals surface area (Å²) in [4.78, 5) is 0. The van der Waals surface area contributed by atoms with Gasteiger partial charge < -0.3 is 15.2 Å². The van der Waals surface area contributed by atoms with E-state index in [1.54, 1.807) is 0 Å². The molecule has 0 bridgehead atoms.